The molecule has 1 unspecified atom stereocenters. The highest BCUT2D eigenvalue weighted by Crippen LogP contribution is 2.30. The van der Waals surface area contributed by atoms with Crippen LogP contribution < -0.4 is 5.73 Å². The number of ether oxygens (including phenoxy) is 1. The zero-order chi connectivity index (χ0) is 13.0. The monoisotopic (exact) mass is 247 g/mol. The summed E-state index contributed by atoms with van der Waals surface area (Å²) in [5, 5.41) is 0. The predicted molar refractivity (Wildman–Crippen MR) is 75.5 cm³/mol. The van der Waals surface area contributed by atoms with Gasteiger partial charge in [0.25, 0.3) is 0 Å². The molecule has 1 heterocycles. The molecular formula is C16H25NO. The number of hydrogen-bond acceptors (Lipinski definition) is 2. The van der Waals surface area contributed by atoms with E-state index >= 15 is 0 Å². The predicted octanol–water partition coefficient (Wildman–Crippen LogP) is 3.24. The lowest BCUT2D eigenvalue weighted by atomic mass is 9.83. The van der Waals surface area contributed by atoms with Crippen LogP contribution in [0.4, 0.5) is 0 Å². The van der Waals surface area contributed by atoms with Gasteiger partial charge in [0.1, 0.15) is 0 Å². The zero-order valence-electron chi connectivity index (χ0n) is 11.6. The van der Waals surface area contributed by atoms with Gasteiger partial charge >= 0.3 is 0 Å². The van der Waals surface area contributed by atoms with E-state index in [0.29, 0.717) is 5.92 Å². The highest BCUT2D eigenvalue weighted by molar-refractivity contribution is 5.30. The Bertz CT molecular complexity index is 378. The molecule has 0 amide bonds. The molecule has 18 heavy (non-hydrogen) atoms. The summed E-state index contributed by atoms with van der Waals surface area (Å²) in [4.78, 5) is 0. The molecule has 2 N–H and O–H groups in total. The zero-order valence-corrected chi connectivity index (χ0v) is 11.6. The van der Waals surface area contributed by atoms with E-state index in [1.807, 2.05) is 0 Å². The van der Waals surface area contributed by atoms with E-state index in [-0.39, 0.29) is 5.54 Å². The Morgan fingerprint density at radius 1 is 1.28 bits per heavy atom. The van der Waals surface area contributed by atoms with Crippen LogP contribution >= 0.6 is 0 Å². The molecule has 1 aromatic carbocycles. The van der Waals surface area contributed by atoms with Gasteiger partial charge in [0, 0.05) is 18.8 Å². The molecule has 0 saturated carbocycles. The van der Waals surface area contributed by atoms with E-state index in [1.165, 1.54) is 11.1 Å². The molecule has 100 valence electrons. The second-order valence-corrected chi connectivity index (χ2v) is 5.92. The SMILES string of the molecule is CC(C)Cc1cccc(C2(N)CCCOCC2)c1. The summed E-state index contributed by atoms with van der Waals surface area (Å²) in [5.74, 6) is 0.687. The van der Waals surface area contributed by atoms with Crippen molar-refractivity contribution < 1.29 is 4.74 Å². The van der Waals surface area contributed by atoms with E-state index in [4.69, 9.17) is 10.5 Å². The number of rotatable bonds is 3. The van der Waals surface area contributed by atoms with Crippen molar-refractivity contribution in [3.63, 3.8) is 0 Å². The van der Waals surface area contributed by atoms with Crippen LogP contribution in [-0.4, -0.2) is 13.2 Å². The molecule has 2 rings (SSSR count). The molecule has 0 radical (unpaired) electrons. The Hall–Kier alpha value is -0.860. The minimum absolute atomic E-state index is 0.191. The first kappa shape index (κ1) is 13.6. The van der Waals surface area contributed by atoms with Gasteiger partial charge < -0.3 is 10.5 Å². The van der Waals surface area contributed by atoms with Crippen molar-refractivity contribution >= 4 is 0 Å². The minimum Gasteiger partial charge on any atom is -0.381 e. The lowest BCUT2D eigenvalue weighted by Gasteiger charge is -2.28. The first-order chi connectivity index (χ1) is 8.60. The third-order valence-corrected chi connectivity index (χ3v) is 3.75. The van der Waals surface area contributed by atoms with Crippen molar-refractivity contribution in [2.24, 2.45) is 11.7 Å². The molecular weight excluding hydrogens is 222 g/mol. The number of nitrogens with two attached hydrogens (primary N) is 1. The molecule has 0 aliphatic carbocycles. The van der Waals surface area contributed by atoms with Gasteiger partial charge in [-0.2, -0.15) is 0 Å². The van der Waals surface area contributed by atoms with E-state index in [9.17, 15) is 0 Å². The fourth-order valence-corrected chi connectivity index (χ4v) is 2.74. The highest BCUT2D eigenvalue weighted by atomic mass is 16.5. The molecule has 1 aromatic rings. The third kappa shape index (κ3) is 3.33. The second kappa shape index (κ2) is 5.85. The van der Waals surface area contributed by atoms with E-state index in [0.717, 1.165) is 38.9 Å². The standard InChI is InChI=1S/C16H25NO/c1-13(2)11-14-5-3-6-15(12-14)16(17)7-4-9-18-10-8-16/h3,5-6,12-13H,4,7-11,17H2,1-2H3. The number of benzene rings is 1. The molecule has 2 heteroatoms. The first-order valence-corrected chi connectivity index (χ1v) is 7.06. The van der Waals surface area contributed by atoms with Gasteiger partial charge in [0.2, 0.25) is 0 Å². The van der Waals surface area contributed by atoms with Gasteiger partial charge in [-0.25, -0.2) is 0 Å². The Balaban J connectivity index is 2.20. The van der Waals surface area contributed by atoms with Crippen molar-refractivity contribution in [1.29, 1.82) is 0 Å². The van der Waals surface area contributed by atoms with Crippen molar-refractivity contribution in [2.45, 2.75) is 45.1 Å². The normalized spacial score (nSPS) is 25.1. The van der Waals surface area contributed by atoms with Gasteiger partial charge in [-0.05, 0) is 42.7 Å². The molecule has 0 bridgehead atoms. The summed E-state index contributed by atoms with van der Waals surface area (Å²) in [6.07, 6.45) is 4.14. The van der Waals surface area contributed by atoms with Crippen LogP contribution in [0.25, 0.3) is 0 Å². The molecule has 1 aliphatic rings. The van der Waals surface area contributed by atoms with Gasteiger partial charge in [-0.1, -0.05) is 38.1 Å². The van der Waals surface area contributed by atoms with Crippen LogP contribution in [0, 0.1) is 5.92 Å². The molecule has 1 atom stereocenters. The van der Waals surface area contributed by atoms with Crippen molar-refractivity contribution in [2.75, 3.05) is 13.2 Å². The topological polar surface area (TPSA) is 35.2 Å². The molecule has 0 aromatic heterocycles. The van der Waals surface area contributed by atoms with Crippen molar-refractivity contribution in [1.82, 2.24) is 0 Å². The summed E-state index contributed by atoms with van der Waals surface area (Å²) in [6.45, 7) is 6.14. The smallest absolute Gasteiger partial charge is 0.0486 e. The van der Waals surface area contributed by atoms with Gasteiger partial charge in [0.15, 0.2) is 0 Å². The lowest BCUT2D eigenvalue weighted by Crippen LogP contribution is -2.37. The fraction of sp³-hybridized carbons (Fsp3) is 0.625. The van der Waals surface area contributed by atoms with E-state index in [1.54, 1.807) is 0 Å². The maximum Gasteiger partial charge on any atom is 0.0486 e. The maximum absolute atomic E-state index is 6.60. The van der Waals surface area contributed by atoms with Crippen LogP contribution in [-0.2, 0) is 16.7 Å². The maximum atomic E-state index is 6.60. The van der Waals surface area contributed by atoms with E-state index in [2.05, 4.69) is 38.1 Å². The third-order valence-electron chi connectivity index (χ3n) is 3.75. The van der Waals surface area contributed by atoms with Crippen molar-refractivity contribution in [3.05, 3.63) is 35.4 Å². The Morgan fingerprint density at radius 3 is 2.89 bits per heavy atom. The highest BCUT2D eigenvalue weighted by Gasteiger charge is 2.28. The summed E-state index contributed by atoms with van der Waals surface area (Å²) < 4.78 is 5.53. The molecule has 0 spiro atoms. The average Bonchev–Trinajstić information content (AvgIpc) is 2.55. The molecule has 1 aliphatic heterocycles. The van der Waals surface area contributed by atoms with Crippen LogP contribution in [0.2, 0.25) is 0 Å². The van der Waals surface area contributed by atoms with Crippen molar-refractivity contribution in [3.8, 4) is 0 Å². The summed E-state index contributed by atoms with van der Waals surface area (Å²) in [6, 6.07) is 8.83. The Morgan fingerprint density at radius 2 is 2.11 bits per heavy atom. The van der Waals surface area contributed by atoms with Crippen LogP contribution in [0.3, 0.4) is 0 Å². The fourth-order valence-electron chi connectivity index (χ4n) is 2.74. The van der Waals surface area contributed by atoms with Crippen LogP contribution in [0.15, 0.2) is 24.3 Å². The largest absolute Gasteiger partial charge is 0.381 e. The van der Waals surface area contributed by atoms with Crippen LogP contribution in [0.5, 0.6) is 0 Å². The Kier molecular flexibility index (Phi) is 4.41. The average molecular weight is 247 g/mol. The summed E-state index contributed by atoms with van der Waals surface area (Å²) >= 11 is 0. The molecule has 1 saturated heterocycles. The summed E-state index contributed by atoms with van der Waals surface area (Å²) in [5.41, 5.74) is 9.09. The second-order valence-electron chi connectivity index (χ2n) is 5.92. The lowest BCUT2D eigenvalue weighted by molar-refractivity contribution is 0.139. The Labute approximate surface area is 111 Å². The molecule has 1 fully saturated rings. The van der Waals surface area contributed by atoms with E-state index < -0.39 is 0 Å². The van der Waals surface area contributed by atoms with Gasteiger partial charge in [-0.15, -0.1) is 0 Å². The molecule has 2 nitrogen and oxygen atoms in total. The van der Waals surface area contributed by atoms with Crippen LogP contribution in [0.1, 0.15) is 44.2 Å². The summed E-state index contributed by atoms with van der Waals surface area (Å²) in [7, 11) is 0. The first-order valence-electron chi connectivity index (χ1n) is 7.06. The van der Waals surface area contributed by atoms with Gasteiger partial charge in [0.05, 0.1) is 0 Å². The minimum atomic E-state index is -0.191. The quantitative estimate of drug-likeness (QED) is 0.890. The van der Waals surface area contributed by atoms with Gasteiger partial charge in [-0.3, -0.25) is 0 Å². The number of hydrogen-bond donors (Lipinski definition) is 1.